The molecule has 0 unspecified atom stereocenters. The van der Waals surface area contributed by atoms with Crippen molar-refractivity contribution in [3.8, 4) is 6.07 Å². The summed E-state index contributed by atoms with van der Waals surface area (Å²) < 4.78 is 43.6. The van der Waals surface area contributed by atoms with Crippen LogP contribution in [-0.2, 0) is 18.4 Å². The lowest BCUT2D eigenvalue weighted by molar-refractivity contribution is -0.185. The van der Waals surface area contributed by atoms with Crippen LogP contribution in [0.25, 0.3) is 0 Å². The third-order valence-corrected chi connectivity index (χ3v) is 7.47. The highest BCUT2D eigenvalue weighted by Gasteiger charge is 2.64. The summed E-state index contributed by atoms with van der Waals surface area (Å²) in [5.41, 5.74) is -3.03. The third kappa shape index (κ3) is 2.64. The van der Waals surface area contributed by atoms with E-state index in [9.17, 15) is 28.0 Å². The summed E-state index contributed by atoms with van der Waals surface area (Å²) in [6.07, 6.45) is -2.77. The van der Waals surface area contributed by atoms with E-state index < -0.39 is 35.0 Å². The van der Waals surface area contributed by atoms with Crippen LogP contribution >= 0.6 is 11.3 Å². The van der Waals surface area contributed by atoms with E-state index in [1.807, 2.05) is 0 Å². The minimum atomic E-state index is -5.04. The van der Waals surface area contributed by atoms with Gasteiger partial charge in [-0.3, -0.25) is 4.79 Å². The van der Waals surface area contributed by atoms with Gasteiger partial charge in [-0.05, 0) is 36.3 Å². The number of urea groups is 1. The highest BCUT2D eigenvalue weighted by molar-refractivity contribution is 7.17. The number of halogens is 3. The van der Waals surface area contributed by atoms with E-state index in [2.05, 4.69) is 17.6 Å². The van der Waals surface area contributed by atoms with E-state index in [-0.39, 0.29) is 10.6 Å². The van der Waals surface area contributed by atoms with Crippen LogP contribution in [0, 0.1) is 17.2 Å². The maximum absolute atomic E-state index is 14.5. The Balaban J connectivity index is 1.78. The van der Waals surface area contributed by atoms with Crippen LogP contribution in [0.5, 0.6) is 0 Å². The summed E-state index contributed by atoms with van der Waals surface area (Å²) in [5.74, 6) is -0.632. The molecule has 0 saturated carbocycles. The standard InChI is InChI=1S/C22H17F3N4O2S/c1-11-7-8-13-15(9-11)32-19-16(13)18(30)27-17-14(10-26)21(22(23,24)25,28-20(31)29(17)19)12-5-3-2-4-6-12/h2-6,11H,7-9H2,1H3,(H,27,30)(H,28,31)/t11-,21+/m1/s1. The maximum atomic E-state index is 14.5. The van der Waals surface area contributed by atoms with Gasteiger partial charge in [0.25, 0.3) is 5.91 Å². The molecule has 1 aliphatic carbocycles. The summed E-state index contributed by atoms with van der Waals surface area (Å²) in [7, 11) is 0. The normalized spacial score (nSPS) is 24.7. The molecule has 5 rings (SSSR count). The van der Waals surface area contributed by atoms with E-state index >= 15 is 0 Å². The Bertz CT molecular complexity index is 1230. The first-order valence-electron chi connectivity index (χ1n) is 10.0. The van der Waals surface area contributed by atoms with Crippen molar-refractivity contribution in [2.24, 2.45) is 5.92 Å². The molecule has 3 heterocycles. The van der Waals surface area contributed by atoms with E-state index in [0.717, 1.165) is 28.2 Å². The topological polar surface area (TPSA) is 85.2 Å². The van der Waals surface area contributed by atoms with Gasteiger partial charge >= 0.3 is 12.2 Å². The van der Waals surface area contributed by atoms with Crippen molar-refractivity contribution in [3.05, 3.63) is 63.3 Å². The minimum Gasteiger partial charge on any atom is -0.315 e. The van der Waals surface area contributed by atoms with Crippen LogP contribution in [0.1, 0.15) is 39.7 Å². The molecule has 0 bridgehead atoms. The molecule has 2 N–H and O–H groups in total. The van der Waals surface area contributed by atoms with Gasteiger partial charge in [-0.25, -0.2) is 9.69 Å². The second-order valence-electron chi connectivity index (χ2n) is 8.20. The largest absolute Gasteiger partial charge is 0.421 e. The molecular formula is C22H17F3N4O2S. The lowest BCUT2D eigenvalue weighted by Crippen LogP contribution is -2.66. The van der Waals surface area contributed by atoms with E-state index in [4.69, 9.17) is 0 Å². The SMILES string of the molecule is C[C@@H]1CCc2c(sc3c2C(=O)NC2=C(C#N)[C@@](c4ccccc4)(C(F)(F)F)NC(=O)N23)C1. The third-order valence-electron chi connectivity index (χ3n) is 6.23. The number of carbonyl (C=O) groups excluding carboxylic acids is 2. The van der Waals surface area contributed by atoms with Gasteiger partial charge in [0.05, 0.1) is 5.56 Å². The van der Waals surface area contributed by atoms with Crippen molar-refractivity contribution < 1.29 is 22.8 Å². The van der Waals surface area contributed by atoms with E-state index in [0.29, 0.717) is 17.9 Å². The molecule has 0 saturated heterocycles. The molecule has 1 aromatic carbocycles. The Kier molecular flexibility index (Phi) is 4.40. The summed E-state index contributed by atoms with van der Waals surface area (Å²) in [6.45, 7) is 2.09. The Morgan fingerprint density at radius 3 is 2.62 bits per heavy atom. The lowest BCUT2D eigenvalue weighted by Gasteiger charge is -2.44. The zero-order valence-corrected chi connectivity index (χ0v) is 17.7. The zero-order chi connectivity index (χ0) is 22.8. The number of fused-ring (bicyclic) bond motifs is 5. The number of rotatable bonds is 1. The molecule has 32 heavy (non-hydrogen) atoms. The first kappa shape index (κ1) is 20.6. The summed E-state index contributed by atoms with van der Waals surface area (Å²) in [6, 6.07) is 7.31. The fourth-order valence-corrected chi connectivity index (χ4v) is 6.21. The fraction of sp³-hybridized carbons (Fsp3) is 0.318. The smallest absolute Gasteiger partial charge is 0.315 e. The Morgan fingerprint density at radius 1 is 1.25 bits per heavy atom. The number of hydrogen-bond acceptors (Lipinski definition) is 4. The molecule has 3 amide bonds. The number of amides is 3. The van der Waals surface area contributed by atoms with Crippen LogP contribution in [0.15, 0.2) is 41.7 Å². The molecule has 3 aliphatic rings. The number of anilines is 1. The Hall–Kier alpha value is -3.32. The van der Waals surface area contributed by atoms with Crippen LogP contribution < -0.4 is 15.5 Å². The van der Waals surface area contributed by atoms with Crippen molar-refractivity contribution in [3.63, 3.8) is 0 Å². The van der Waals surface area contributed by atoms with Crippen LogP contribution in [0.4, 0.5) is 23.0 Å². The lowest BCUT2D eigenvalue weighted by atomic mass is 9.80. The summed E-state index contributed by atoms with van der Waals surface area (Å²) in [5, 5.41) is 14.6. The molecule has 0 fully saturated rings. The molecule has 2 atom stereocenters. The number of nitrogens with one attached hydrogen (secondary N) is 2. The van der Waals surface area contributed by atoms with Crippen molar-refractivity contribution in [2.75, 3.05) is 4.90 Å². The van der Waals surface area contributed by atoms with Crippen molar-refractivity contribution in [1.29, 1.82) is 5.26 Å². The molecule has 164 valence electrons. The van der Waals surface area contributed by atoms with Crippen LogP contribution in [0.3, 0.4) is 0 Å². The number of benzene rings is 1. The monoisotopic (exact) mass is 458 g/mol. The summed E-state index contributed by atoms with van der Waals surface area (Å²) in [4.78, 5) is 28.2. The van der Waals surface area contributed by atoms with Gasteiger partial charge in [0.1, 0.15) is 22.5 Å². The van der Waals surface area contributed by atoms with Crippen molar-refractivity contribution in [1.82, 2.24) is 10.6 Å². The van der Waals surface area contributed by atoms with E-state index in [1.54, 1.807) is 6.07 Å². The van der Waals surface area contributed by atoms with Crippen molar-refractivity contribution >= 4 is 28.3 Å². The predicted octanol–water partition coefficient (Wildman–Crippen LogP) is 4.34. The van der Waals surface area contributed by atoms with Gasteiger partial charge in [-0.1, -0.05) is 37.3 Å². The predicted molar refractivity (Wildman–Crippen MR) is 111 cm³/mol. The summed E-state index contributed by atoms with van der Waals surface area (Å²) >= 11 is 1.23. The molecule has 2 aliphatic heterocycles. The first-order chi connectivity index (χ1) is 15.2. The highest BCUT2D eigenvalue weighted by atomic mass is 32.1. The molecular weight excluding hydrogens is 441 g/mol. The average molecular weight is 458 g/mol. The highest BCUT2D eigenvalue weighted by Crippen LogP contribution is 2.51. The molecule has 0 spiro atoms. The van der Waals surface area contributed by atoms with E-state index in [1.165, 1.54) is 41.7 Å². The Labute approximate surface area is 185 Å². The minimum absolute atomic E-state index is 0.261. The van der Waals surface area contributed by atoms with Gasteiger partial charge in [-0.2, -0.15) is 18.4 Å². The second-order valence-corrected chi connectivity index (χ2v) is 9.28. The molecule has 6 nitrogen and oxygen atoms in total. The fourth-order valence-electron chi connectivity index (χ4n) is 4.70. The first-order valence-corrected chi connectivity index (χ1v) is 10.9. The molecule has 10 heteroatoms. The number of carbonyl (C=O) groups is 2. The number of nitriles is 1. The van der Waals surface area contributed by atoms with Gasteiger partial charge in [0.2, 0.25) is 5.54 Å². The number of alkyl halides is 3. The average Bonchev–Trinajstić information content (AvgIpc) is 3.12. The molecule has 0 radical (unpaired) electrons. The number of nitrogens with zero attached hydrogens (tertiary/aromatic N) is 2. The maximum Gasteiger partial charge on any atom is 0.421 e. The quantitative estimate of drug-likeness (QED) is 0.667. The number of thiophene rings is 1. The second kappa shape index (κ2) is 6.84. The molecule has 2 aromatic rings. The Morgan fingerprint density at radius 2 is 1.97 bits per heavy atom. The number of hydrogen-bond donors (Lipinski definition) is 2. The van der Waals surface area contributed by atoms with Gasteiger partial charge in [0, 0.05) is 4.88 Å². The van der Waals surface area contributed by atoms with Gasteiger partial charge < -0.3 is 10.6 Å². The molecule has 1 aromatic heterocycles. The van der Waals surface area contributed by atoms with Crippen molar-refractivity contribution in [2.45, 2.75) is 37.9 Å². The van der Waals surface area contributed by atoms with Gasteiger partial charge in [0.15, 0.2) is 0 Å². The van der Waals surface area contributed by atoms with Gasteiger partial charge in [-0.15, -0.1) is 11.3 Å². The zero-order valence-electron chi connectivity index (χ0n) is 16.8. The van der Waals surface area contributed by atoms with Crippen LogP contribution in [-0.4, -0.2) is 18.1 Å². The van der Waals surface area contributed by atoms with Crippen LogP contribution in [0.2, 0.25) is 0 Å².